The van der Waals surface area contributed by atoms with Gasteiger partial charge in [0.25, 0.3) is 0 Å². The number of ether oxygens (including phenoxy) is 2. The summed E-state index contributed by atoms with van der Waals surface area (Å²) in [6, 6.07) is 0. The lowest BCUT2D eigenvalue weighted by Gasteiger charge is -2.24. The Morgan fingerprint density at radius 1 is 0.310 bits per heavy atom. The number of likely N-dealkylation sites (N-methyl/N-ethyl adjacent to an activating group) is 1. The average Bonchev–Trinajstić information content (AvgIpc) is 1.07. The van der Waals surface area contributed by atoms with Gasteiger partial charge in [-0.15, -0.1) is 0 Å². The summed E-state index contributed by atoms with van der Waals surface area (Å²) < 4.78 is 34.9. The van der Waals surface area contributed by atoms with Gasteiger partial charge in [0.1, 0.15) is 19.8 Å². The van der Waals surface area contributed by atoms with Gasteiger partial charge in [-0.25, -0.2) is 4.57 Å². The fraction of sp³-hybridized carbons (Fsp3) is 0.933. The lowest BCUT2D eigenvalue weighted by atomic mass is 10.0. The zero-order chi connectivity index (χ0) is 72.5. The third-order valence-corrected chi connectivity index (χ3v) is 22.0. The van der Waals surface area contributed by atoms with Crippen LogP contribution in [0.5, 0.6) is 0 Å². The van der Waals surface area contributed by atoms with Crippen molar-refractivity contribution in [2.24, 2.45) is 0 Å². The Labute approximate surface area is 625 Å². The minimum atomic E-state index is -4.39. The molecule has 594 valence electrons. The number of carbonyl (C=O) groups is 2. The first-order valence-corrected chi connectivity index (χ1v) is 46.6. The summed E-state index contributed by atoms with van der Waals surface area (Å²) in [4.78, 5) is 36.1. The van der Waals surface area contributed by atoms with Crippen LogP contribution in [0.1, 0.15) is 489 Å². The van der Waals surface area contributed by atoms with E-state index in [0.29, 0.717) is 17.4 Å². The van der Waals surface area contributed by atoms with Gasteiger partial charge in [-0.05, 0) is 44.9 Å². The SMILES string of the molecule is CCCCCCC/C=C\C/C=C\CCCCCCCCCCCCCCCCCCCCCCCCCCCCCC(=O)OC(COC(=O)CCCCCCCCCCCCCCCCCCCCCCCCCCCCCCCCCCCCCCC)COP(=O)(O)OCC[N+](C)(C)C. The van der Waals surface area contributed by atoms with E-state index in [9.17, 15) is 19.0 Å². The number of esters is 2. The highest BCUT2D eigenvalue weighted by atomic mass is 31.2. The standard InChI is InChI=1S/C90H176NO8P/c1-6-8-10-12-14-16-18-20-22-24-26-28-30-32-34-36-38-40-42-44-45-47-49-51-53-55-57-59-61-63-65-67-69-71-73-75-77-79-81-83-90(93)99-88(87-98-100(94,95)97-85-84-91(3,4)5)86-96-89(92)82-80-78-76-74-72-70-68-66-64-62-60-58-56-54-52-50-48-46-43-41-39-37-35-33-31-29-27-25-23-21-19-17-15-13-11-9-7-2/h18,20,24,26,88H,6-17,19,21-23,25,27-87H2,1-5H3/p+1/b20-18-,26-24-. The van der Waals surface area contributed by atoms with Gasteiger partial charge in [0.05, 0.1) is 27.7 Å². The fourth-order valence-electron chi connectivity index (χ4n) is 14.1. The monoisotopic (exact) mass is 1430 g/mol. The maximum absolute atomic E-state index is 12.9. The number of nitrogens with zero attached hydrogens (tertiary/aromatic N) is 1. The number of allylic oxidation sites excluding steroid dienone is 4. The van der Waals surface area contributed by atoms with Crippen molar-refractivity contribution in [2.75, 3.05) is 47.5 Å². The van der Waals surface area contributed by atoms with Crippen molar-refractivity contribution < 1.29 is 42.1 Å². The van der Waals surface area contributed by atoms with Crippen LogP contribution in [-0.2, 0) is 32.7 Å². The second-order valence-corrected chi connectivity index (χ2v) is 33.8. The zero-order valence-electron chi connectivity index (χ0n) is 68.2. The van der Waals surface area contributed by atoms with Crippen LogP contribution in [0.25, 0.3) is 0 Å². The normalized spacial score (nSPS) is 13.0. The number of rotatable bonds is 86. The molecule has 0 aliphatic carbocycles. The van der Waals surface area contributed by atoms with Gasteiger partial charge >= 0.3 is 19.8 Å². The molecule has 0 aromatic heterocycles. The highest BCUT2D eigenvalue weighted by Gasteiger charge is 2.27. The summed E-state index contributed by atoms with van der Waals surface area (Å²) in [5.41, 5.74) is 0. The van der Waals surface area contributed by atoms with Crippen LogP contribution in [0, 0.1) is 0 Å². The minimum Gasteiger partial charge on any atom is -0.462 e. The first-order chi connectivity index (χ1) is 49.0. The highest BCUT2D eigenvalue weighted by Crippen LogP contribution is 2.43. The van der Waals surface area contributed by atoms with E-state index < -0.39 is 26.5 Å². The van der Waals surface area contributed by atoms with E-state index >= 15 is 0 Å². The third-order valence-electron chi connectivity index (χ3n) is 21.0. The van der Waals surface area contributed by atoms with Gasteiger partial charge in [-0.2, -0.15) is 0 Å². The predicted molar refractivity (Wildman–Crippen MR) is 437 cm³/mol. The number of phosphoric ester groups is 1. The van der Waals surface area contributed by atoms with Gasteiger partial charge in [0.2, 0.25) is 0 Å². The molecule has 0 bridgehead atoms. The Balaban J connectivity index is 3.83. The first kappa shape index (κ1) is 98.5. The molecule has 0 aromatic carbocycles. The first-order valence-electron chi connectivity index (χ1n) is 45.1. The van der Waals surface area contributed by atoms with E-state index in [4.69, 9.17) is 18.5 Å². The van der Waals surface area contributed by atoms with E-state index in [-0.39, 0.29) is 25.6 Å². The van der Waals surface area contributed by atoms with E-state index in [2.05, 4.69) is 38.2 Å². The van der Waals surface area contributed by atoms with Crippen LogP contribution in [0.3, 0.4) is 0 Å². The molecule has 10 heteroatoms. The molecule has 0 saturated carbocycles. The summed E-state index contributed by atoms with van der Waals surface area (Å²) in [7, 11) is 1.51. The largest absolute Gasteiger partial charge is 0.472 e. The van der Waals surface area contributed by atoms with Gasteiger partial charge in [0.15, 0.2) is 6.10 Å². The summed E-state index contributed by atoms with van der Waals surface area (Å²) in [5.74, 6) is -0.765. The molecule has 0 aliphatic rings. The number of hydrogen-bond donors (Lipinski definition) is 1. The molecule has 0 saturated heterocycles. The van der Waals surface area contributed by atoms with Crippen LogP contribution < -0.4 is 0 Å². The molecule has 100 heavy (non-hydrogen) atoms. The predicted octanol–water partition coefficient (Wildman–Crippen LogP) is 30.3. The van der Waals surface area contributed by atoms with Crippen molar-refractivity contribution in [1.82, 2.24) is 0 Å². The van der Waals surface area contributed by atoms with Crippen molar-refractivity contribution >= 4 is 19.8 Å². The van der Waals surface area contributed by atoms with Gasteiger partial charge < -0.3 is 18.9 Å². The molecule has 0 heterocycles. The summed E-state index contributed by atoms with van der Waals surface area (Å²) in [6.07, 6.45) is 107. The molecule has 1 N–H and O–H groups in total. The number of phosphoric acid groups is 1. The summed E-state index contributed by atoms with van der Waals surface area (Å²) in [5, 5.41) is 0. The highest BCUT2D eigenvalue weighted by molar-refractivity contribution is 7.47. The molecule has 0 aliphatic heterocycles. The number of unbranched alkanes of at least 4 members (excludes halogenated alkanes) is 68. The van der Waals surface area contributed by atoms with Crippen molar-refractivity contribution in [1.29, 1.82) is 0 Å². The van der Waals surface area contributed by atoms with E-state index in [1.807, 2.05) is 21.1 Å². The third kappa shape index (κ3) is 85.4. The molecule has 0 fully saturated rings. The second-order valence-electron chi connectivity index (χ2n) is 32.4. The van der Waals surface area contributed by atoms with Crippen molar-refractivity contribution in [3.05, 3.63) is 24.3 Å². The maximum atomic E-state index is 12.9. The Morgan fingerprint density at radius 2 is 0.540 bits per heavy atom. The van der Waals surface area contributed by atoms with Crippen molar-refractivity contribution in [3.63, 3.8) is 0 Å². The molecule has 0 aromatic rings. The van der Waals surface area contributed by atoms with Gasteiger partial charge in [-0.1, -0.05) is 456 Å². The second kappa shape index (κ2) is 81.6. The lowest BCUT2D eigenvalue weighted by Crippen LogP contribution is -2.37. The van der Waals surface area contributed by atoms with Crippen LogP contribution in [-0.4, -0.2) is 74.9 Å². The number of hydrogen-bond acceptors (Lipinski definition) is 7. The Morgan fingerprint density at radius 3 is 0.790 bits per heavy atom. The minimum absolute atomic E-state index is 0.0367. The molecule has 0 amide bonds. The summed E-state index contributed by atoms with van der Waals surface area (Å²) >= 11 is 0. The topological polar surface area (TPSA) is 108 Å². The van der Waals surface area contributed by atoms with Crippen LogP contribution in [0.15, 0.2) is 24.3 Å². The molecule has 0 radical (unpaired) electrons. The summed E-state index contributed by atoms with van der Waals surface area (Å²) in [6.45, 7) is 4.53. The zero-order valence-corrected chi connectivity index (χ0v) is 69.1. The molecule has 0 spiro atoms. The molecule has 9 nitrogen and oxygen atoms in total. The fourth-order valence-corrected chi connectivity index (χ4v) is 14.9. The van der Waals surface area contributed by atoms with E-state index in [1.54, 1.807) is 0 Å². The molecular formula is C90H177NO8P+. The van der Waals surface area contributed by atoms with Crippen molar-refractivity contribution in [2.45, 2.75) is 495 Å². The number of quaternary nitrogens is 1. The average molecular weight is 1430 g/mol. The van der Waals surface area contributed by atoms with Gasteiger partial charge in [-0.3, -0.25) is 18.6 Å². The van der Waals surface area contributed by atoms with Crippen LogP contribution in [0.4, 0.5) is 0 Å². The van der Waals surface area contributed by atoms with E-state index in [1.165, 1.54) is 417 Å². The lowest BCUT2D eigenvalue weighted by molar-refractivity contribution is -0.870. The number of carbonyl (C=O) groups excluding carboxylic acids is 2. The molecular weight excluding hydrogens is 1250 g/mol. The quantitative estimate of drug-likeness (QED) is 0.0211. The Bertz CT molecular complexity index is 1730. The molecule has 2 unspecified atom stereocenters. The van der Waals surface area contributed by atoms with Crippen LogP contribution >= 0.6 is 7.82 Å². The van der Waals surface area contributed by atoms with Crippen molar-refractivity contribution in [3.8, 4) is 0 Å². The maximum Gasteiger partial charge on any atom is 0.472 e. The smallest absolute Gasteiger partial charge is 0.462 e. The van der Waals surface area contributed by atoms with Gasteiger partial charge in [0, 0.05) is 12.8 Å². The van der Waals surface area contributed by atoms with E-state index in [0.717, 1.165) is 44.9 Å². The Kier molecular flexibility index (Phi) is 80.3. The Hall–Kier alpha value is -1.51. The van der Waals surface area contributed by atoms with Crippen LogP contribution in [0.2, 0.25) is 0 Å². The molecule has 2 atom stereocenters. The molecule has 0 rings (SSSR count).